The van der Waals surface area contributed by atoms with Gasteiger partial charge in [0.15, 0.2) is 5.78 Å². The smallest absolute Gasteiger partial charge is 0.188 e. The van der Waals surface area contributed by atoms with Gasteiger partial charge in [0.1, 0.15) is 5.75 Å². The first-order chi connectivity index (χ1) is 10.6. The zero-order chi connectivity index (χ0) is 15.9. The standard InChI is InChI=1S/C17H15Cl2NO2/c1-2-22-14-5-3-4-13(11-14)20-9-8-17(21)15-7-6-12(18)10-16(15)19/h3-11,20H,2H2,1H3. The molecule has 0 amide bonds. The Hall–Kier alpha value is -1.97. The van der Waals surface area contributed by atoms with E-state index in [2.05, 4.69) is 5.32 Å². The monoisotopic (exact) mass is 335 g/mol. The number of nitrogens with one attached hydrogen (secondary N) is 1. The van der Waals surface area contributed by atoms with Gasteiger partial charge in [-0.2, -0.15) is 0 Å². The Morgan fingerprint density at radius 2 is 2.05 bits per heavy atom. The van der Waals surface area contributed by atoms with Gasteiger partial charge in [0.25, 0.3) is 0 Å². The fourth-order valence-electron chi connectivity index (χ4n) is 1.83. The molecule has 0 aliphatic heterocycles. The third kappa shape index (κ3) is 4.52. The topological polar surface area (TPSA) is 38.3 Å². The Balaban J connectivity index is 2.02. The van der Waals surface area contributed by atoms with Crippen LogP contribution in [0.2, 0.25) is 10.0 Å². The number of anilines is 1. The van der Waals surface area contributed by atoms with Crippen LogP contribution in [-0.2, 0) is 0 Å². The van der Waals surface area contributed by atoms with Crippen molar-refractivity contribution in [3.63, 3.8) is 0 Å². The highest BCUT2D eigenvalue weighted by atomic mass is 35.5. The van der Waals surface area contributed by atoms with Crippen LogP contribution in [0, 0.1) is 0 Å². The lowest BCUT2D eigenvalue weighted by molar-refractivity contribution is 0.104. The first-order valence-corrected chi connectivity index (χ1v) is 7.51. The number of hydrogen-bond acceptors (Lipinski definition) is 3. The highest BCUT2D eigenvalue weighted by Crippen LogP contribution is 2.22. The predicted molar refractivity (Wildman–Crippen MR) is 91.2 cm³/mol. The van der Waals surface area contributed by atoms with Crippen LogP contribution < -0.4 is 10.1 Å². The molecule has 0 atom stereocenters. The molecule has 0 aliphatic carbocycles. The van der Waals surface area contributed by atoms with Gasteiger partial charge in [0.2, 0.25) is 0 Å². The van der Waals surface area contributed by atoms with Crippen molar-refractivity contribution in [2.75, 3.05) is 11.9 Å². The number of ketones is 1. The highest BCUT2D eigenvalue weighted by molar-refractivity contribution is 6.37. The minimum Gasteiger partial charge on any atom is -0.494 e. The van der Waals surface area contributed by atoms with Gasteiger partial charge in [-0.15, -0.1) is 0 Å². The van der Waals surface area contributed by atoms with Gasteiger partial charge in [-0.25, -0.2) is 0 Å². The van der Waals surface area contributed by atoms with Crippen molar-refractivity contribution in [3.8, 4) is 5.75 Å². The third-order valence-electron chi connectivity index (χ3n) is 2.83. The summed E-state index contributed by atoms with van der Waals surface area (Å²) in [5, 5.41) is 3.85. The number of ether oxygens (including phenoxy) is 1. The van der Waals surface area contributed by atoms with E-state index >= 15 is 0 Å². The molecule has 0 heterocycles. The largest absolute Gasteiger partial charge is 0.494 e. The maximum absolute atomic E-state index is 12.1. The number of halogens is 2. The van der Waals surface area contributed by atoms with E-state index in [1.807, 2.05) is 31.2 Å². The van der Waals surface area contributed by atoms with Gasteiger partial charge in [-0.05, 0) is 37.3 Å². The molecule has 0 unspecified atom stereocenters. The second-order valence-corrected chi connectivity index (χ2v) is 5.27. The summed E-state index contributed by atoms with van der Waals surface area (Å²) in [5.74, 6) is 0.572. The quantitative estimate of drug-likeness (QED) is 0.582. The fourth-order valence-corrected chi connectivity index (χ4v) is 2.34. The van der Waals surface area contributed by atoms with E-state index in [-0.39, 0.29) is 5.78 Å². The Morgan fingerprint density at radius 1 is 1.23 bits per heavy atom. The fraction of sp³-hybridized carbons (Fsp3) is 0.118. The Bertz CT molecular complexity index is 699. The van der Waals surface area contributed by atoms with Crippen LogP contribution in [0.25, 0.3) is 0 Å². The molecule has 0 fully saturated rings. The molecule has 0 radical (unpaired) electrons. The van der Waals surface area contributed by atoms with Crippen LogP contribution in [0.4, 0.5) is 5.69 Å². The van der Waals surface area contributed by atoms with Gasteiger partial charge in [0.05, 0.1) is 11.6 Å². The zero-order valence-electron chi connectivity index (χ0n) is 12.0. The summed E-state index contributed by atoms with van der Waals surface area (Å²) in [6.45, 7) is 2.53. The van der Waals surface area contributed by atoms with Gasteiger partial charge in [0, 0.05) is 34.6 Å². The van der Waals surface area contributed by atoms with Crippen molar-refractivity contribution in [2.45, 2.75) is 6.92 Å². The van der Waals surface area contributed by atoms with Gasteiger partial charge < -0.3 is 10.1 Å². The van der Waals surface area contributed by atoms with E-state index < -0.39 is 0 Å². The Kier molecular flexibility index (Phi) is 5.87. The number of carbonyl (C=O) groups is 1. The molecule has 0 bridgehead atoms. The minimum atomic E-state index is -0.199. The first-order valence-electron chi connectivity index (χ1n) is 6.75. The van der Waals surface area contributed by atoms with Crippen molar-refractivity contribution < 1.29 is 9.53 Å². The first kappa shape index (κ1) is 16.4. The molecular weight excluding hydrogens is 321 g/mol. The van der Waals surface area contributed by atoms with E-state index in [1.165, 1.54) is 6.08 Å². The second kappa shape index (κ2) is 7.87. The summed E-state index contributed by atoms with van der Waals surface area (Å²) in [6, 6.07) is 12.3. The molecule has 2 aromatic carbocycles. The molecule has 2 rings (SSSR count). The maximum Gasteiger partial charge on any atom is 0.188 e. The molecule has 5 heteroatoms. The van der Waals surface area contributed by atoms with Crippen molar-refractivity contribution >= 4 is 34.7 Å². The van der Waals surface area contributed by atoms with E-state index in [1.54, 1.807) is 24.4 Å². The number of benzene rings is 2. The van der Waals surface area contributed by atoms with E-state index in [4.69, 9.17) is 27.9 Å². The lowest BCUT2D eigenvalue weighted by Crippen LogP contribution is -1.98. The molecule has 114 valence electrons. The summed E-state index contributed by atoms with van der Waals surface area (Å²) in [6.07, 6.45) is 2.99. The summed E-state index contributed by atoms with van der Waals surface area (Å²) < 4.78 is 5.41. The summed E-state index contributed by atoms with van der Waals surface area (Å²) in [4.78, 5) is 12.1. The normalized spacial score (nSPS) is 10.7. The number of rotatable bonds is 6. The SMILES string of the molecule is CCOc1cccc(NC=CC(=O)c2ccc(Cl)cc2Cl)c1. The number of allylic oxidation sites excluding steroid dienone is 1. The minimum absolute atomic E-state index is 0.199. The molecule has 0 saturated carbocycles. The average Bonchev–Trinajstić information content (AvgIpc) is 2.48. The number of hydrogen-bond donors (Lipinski definition) is 1. The molecule has 0 saturated heterocycles. The molecule has 3 nitrogen and oxygen atoms in total. The van der Waals surface area contributed by atoms with Crippen molar-refractivity contribution in [2.24, 2.45) is 0 Å². The third-order valence-corrected chi connectivity index (χ3v) is 3.37. The Labute approximate surface area is 139 Å². The van der Waals surface area contributed by atoms with E-state index in [0.29, 0.717) is 22.2 Å². The second-order valence-electron chi connectivity index (χ2n) is 4.43. The molecule has 2 aromatic rings. The maximum atomic E-state index is 12.1. The van der Waals surface area contributed by atoms with Crippen LogP contribution in [0.5, 0.6) is 5.75 Å². The van der Waals surface area contributed by atoms with Crippen LogP contribution in [0.15, 0.2) is 54.7 Å². The van der Waals surface area contributed by atoms with Gasteiger partial charge in [-0.3, -0.25) is 4.79 Å². The molecule has 1 N–H and O–H groups in total. The van der Waals surface area contributed by atoms with E-state index in [9.17, 15) is 4.79 Å². The average molecular weight is 336 g/mol. The van der Waals surface area contributed by atoms with Gasteiger partial charge in [-0.1, -0.05) is 29.3 Å². The van der Waals surface area contributed by atoms with Crippen LogP contribution >= 0.6 is 23.2 Å². The zero-order valence-corrected chi connectivity index (χ0v) is 13.5. The van der Waals surface area contributed by atoms with Crippen molar-refractivity contribution in [1.29, 1.82) is 0 Å². The van der Waals surface area contributed by atoms with E-state index in [0.717, 1.165) is 11.4 Å². The molecular formula is C17H15Cl2NO2. The predicted octanol–water partition coefficient (Wildman–Crippen LogP) is 5.20. The number of carbonyl (C=O) groups excluding carboxylic acids is 1. The lowest BCUT2D eigenvalue weighted by Gasteiger charge is -2.05. The molecule has 22 heavy (non-hydrogen) atoms. The highest BCUT2D eigenvalue weighted by Gasteiger charge is 2.07. The Morgan fingerprint density at radius 3 is 2.77 bits per heavy atom. The molecule has 0 aromatic heterocycles. The van der Waals surface area contributed by atoms with Gasteiger partial charge >= 0.3 is 0 Å². The van der Waals surface area contributed by atoms with Crippen LogP contribution in [0.1, 0.15) is 17.3 Å². The van der Waals surface area contributed by atoms with Crippen molar-refractivity contribution in [1.82, 2.24) is 0 Å². The van der Waals surface area contributed by atoms with Crippen LogP contribution in [0.3, 0.4) is 0 Å². The summed E-state index contributed by atoms with van der Waals surface area (Å²) >= 11 is 11.8. The van der Waals surface area contributed by atoms with Crippen LogP contribution in [-0.4, -0.2) is 12.4 Å². The summed E-state index contributed by atoms with van der Waals surface area (Å²) in [5.41, 5.74) is 1.24. The van der Waals surface area contributed by atoms with Crippen molar-refractivity contribution in [3.05, 3.63) is 70.3 Å². The summed E-state index contributed by atoms with van der Waals surface area (Å²) in [7, 11) is 0. The molecule has 0 spiro atoms. The molecule has 0 aliphatic rings. The lowest BCUT2D eigenvalue weighted by atomic mass is 10.1.